The van der Waals surface area contributed by atoms with E-state index in [-0.39, 0.29) is 35.0 Å². The van der Waals surface area contributed by atoms with Gasteiger partial charge in [0.1, 0.15) is 0 Å². The van der Waals surface area contributed by atoms with Gasteiger partial charge in [-0.05, 0) is 24.5 Å². The predicted molar refractivity (Wildman–Crippen MR) is 87.4 cm³/mol. The summed E-state index contributed by atoms with van der Waals surface area (Å²) >= 11 is 0. The van der Waals surface area contributed by atoms with Crippen molar-refractivity contribution >= 4 is 22.4 Å². The van der Waals surface area contributed by atoms with Gasteiger partial charge in [-0.2, -0.15) is 0 Å². The number of methoxy groups -OCH3 is 1. The molecule has 128 valence electrons. The highest BCUT2D eigenvalue weighted by Gasteiger charge is 2.23. The first-order chi connectivity index (χ1) is 9.70. The van der Waals surface area contributed by atoms with E-state index in [9.17, 15) is 12.8 Å². The number of nitrogens with two attached hydrogens (primary N) is 1. The van der Waals surface area contributed by atoms with Crippen LogP contribution >= 0.6 is 12.4 Å². The topological polar surface area (TPSA) is 72.6 Å². The minimum atomic E-state index is -3.68. The van der Waals surface area contributed by atoms with Crippen LogP contribution < -0.4 is 10.5 Å². The Hall–Kier alpha value is -0.890. The maximum atomic E-state index is 13.4. The molecule has 2 N–H and O–H groups in total. The number of hydrogen-bond acceptors (Lipinski definition) is 4. The molecule has 0 bridgehead atoms. The average Bonchev–Trinajstić information content (AvgIpc) is 2.44. The fourth-order valence-electron chi connectivity index (χ4n) is 1.76. The maximum absolute atomic E-state index is 13.4. The summed E-state index contributed by atoms with van der Waals surface area (Å²) < 4.78 is 44.2. The largest absolute Gasteiger partial charge is 0.494 e. The molecule has 0 aromatic heterocycles. The molecule has 22 heavy (non-hydrogen) atoms. The lowest BCUT2D eigenvalue weighted by atomic mass is 10.0. The quantitative estimate of drug-likeness (QED) is 0.815. The molecule has 0 saturated carbocycles. The van der Waals surface area contributed by atoms with Gasteiger partial charge in [-0.1, -0.05) is 13.8 Å². The zero-order valence-electron chi connectivity index (χ0n) is 13.2. The minimum Gasteiger partial charge on any atom is -0.494 e. The van der Waals surface area contributed by atoms with Gasteiger partial charge in [0.25, 0.3) is 0 Å². The maximum Gasteiger partial charge on any atom is 0.242 e. The summed E-state index contributed by atoms with van der Waals surface area (Å²) in [7, 11) is -0.902. The van der Waals surface area contributed by atoms with Crippen LogP contribution in [0.3, 0.4) is 0 Å². The van der Waals surface area contributed by atoms with Crippen molar-refractivity contribution in [2.45, 2.75) is 31.2 Å². The van der Waals surface area contributed by atoms with Crippen LogP contribution in [0.2, 0.25) is 0 Å². The molecule has 1 rings (SSSR count). The summed E-state index contributed by atoms with van der Waals surface area (Å²) in [4.78, 5) is 0.00127. The first-order valence-electron chi connectivity index (χ1n) is 6.75. The van der Waals surface area contributed by atoms with Crippen molar-refractivity contribution in [2.24, 2.45) is 11.7 Å². The fourth-order valence-corrected chi connectivity index (χ4v) is 2.97. The molecule has 1 aromatic rings. The molecule has 0 aliphatic rings. The monoisotopic (exact) mass is 354 g/mol. The van der Waals surface area contributed by atoms with Gasteiger partial charge >= 0.3 is 0 Å². The zero-order valence-corrected chi connectivity index (χ0v) is 14.9. The number of hydrogen-bond donors (Lipinski definition) is 1. The van der Waals surface area contributed by atoms with Crippen LogP contribution in [-0.2, 0) is 10.0 Å². The normalized spacial score (nSPS) is 13.1. The van der Waals surface area contributed by atoms with Gasteiger partial charge in [-0.15, -0.1) is 12.4 Å². The van der Waals surface area contributed by atoms with Gasteiger partial charge < -0.3 is 10.5 Å². The number of halogens is 2. The Balaban J connectivity index is 0.00000441. The zero-order chi connectivity index (χ0) is 16.2. The molecule has 0 aliphatic heterocycles. The molecule has 0 saturated heterocycles. The average molecular weight is 355 g/mol. The first-order valence-corrected chi connectivity index (χ1v) is 8.19. The van der Waals surface area contributed by atoms with Crippen LogP contribution in [0, 0.1) is 11.7 Å². The second-order valence-corrected chi connectivity index (χ2v) is 7.36. The standard InChI is InChI=1S/C14H23FN2O3S.ClH/c1-10(2)13(16)7-8-17(3)21(18,19)11-5-6-12(15)14(9-11)20-4;/h5-6,9-10,13H,7-8,16H2,1-4H3;1H. The van der Waals surface area contributed by atoms with Crippen LogP contribution in [0.4, 0.5) is 4.39 Å². The molecule has 0 radical (unpaired) electrons. The number of benzene rings is 1. The molecule has 1 aromatic carbocycles. The van der Waals surface area contributed by atoms with Crippen LogP contribution in [0.1, 0.15) is 20.3 Å². The highest BCUT2D eigenvalue weighted by Crippen LogP contribution is 2.23. The SMILES string of the molecule is COc1cc(S(=O)(=O)N(C)CCC(N)C(C)C)ccc1F.Cl. The summed E-state index contributed by atoms with van der Waals surface area (Å²) in [6.07, 6.45) is 0.561. The molecule has 5 nitrogen and oxygen atoms in total. The predicted octanol–water partition coefficient (Wildman–Crippen LogP) is 2.25. The number of nitrogens with zero attached hydrogens (tertiary/aromatic N) is 1. The third-order valence-electron chi connectivity index (χ3n) is 3.46. The molecule has 0 spiro atoms. The summed E-state index contributed by atoms with van der Waals surface area (Å²) in [6.45, 7) is 4.29. The van der Waals surface area contributed by atoms with Crippen molar-refractivity contribution in [3.63, 3.8) is 0 Å². The Labute approximate surface area is 138 Å². The lowest BCUT2D eigenvalue weighted by molar-refractivity contribution is 0.383. The van der Waals surface area contributed by atoms with Gasteiger partial charge in [0.05, 0.1) is 12.0 Å². The molecule has 1 unspecified atom stereocenters. The van der Waals surface area contributed by atoms with Crippen molar-refractivity contribution in [2.75, 3.05) is 20.7 Å². The van der Waals surface area contributed by atoms with Crippen molar-refractivity contribution in [1.82, 2.24) is 4.31 Å². The molecule has 1 atom stereocenters. The molecule has 0 fully saturated rings. The summed E-state index contributed by atoms with van der Waals surface area (Å²) in [5.41, 5.74) is 5.92. The van der Waals surface area contributed by atoms with Gasteiger partial charge in [0.15, 0.2) is 11.6 Å². The van der Waals surface area contributed by atoms with Crippen molar-refractivity contribution in [1.29, 1.82) is 0 Å². The minimum absolute atomic E-state index is 0. The van der Waals surface area contributed by atoms with E-state index in [2.05, 4.69) is 0 Å². The molecular weight excluding hydrogens is 331 g/mol. The summed E-state index contributed by atoms with van der Waals surface area (Å²) in [6, 6.07) is 3.43. The van der Waals surface area contributed by atoms with E-state index in [4.69, 9.17) is 10.5 Å². The van der Waals surface area contributed by atoms with Crippen LogP contribution in [0.25, 0.3) is 0 Å². The Bertz CT molecular complexity index is 581. The van der Waals surface area contributed by atoms with Crippen molar-refractivity contribution < 1.29 is 17.5 Å². The fraction of sp³-hybridized carbons (Fsp3) is 0.571. The lowest BCUT2D eigenvalue weighted by Crippen LogP contribution is -2.34. The van der Waals surface area contributed by atoms with E-state index in [1.54, 1.807) is 0 Å². The van der Waals surface area contributed by atoms with Crippen molar-refractivity contribution in [3.8, 4) is 5.75 Å². The highest BCUT2D eigenvalue weighted by molar-refractivity contribution is 7.89. The Kier molecular flexibility index (Phi) is 8.32. The number of rotatable bonds is 7. The Morgan fingerprint density at radius 3 is 2.45 bits per heavy atom. The van der Waals surface area contributed by atoms with Gasteiger partial charge in [0, 0.05) is 25.7 Å². The second-order valence-electron chi connectivity index (χ2n) is 5.32. The summed E-state index contributed by atoms with van der Waals surface area (Å²) in [5.74, 6) is -0.406. The molecule has 0 amide bonds. The van der Waals surface area contributed by atoms with E-state index in [1.807, 2.05) is 13.8 Å². The van der Waals surface area contributed by atoms with Gasteiger partial charge in [-0.3, -0.25) is 0 Å². The van der Waals surface area contributed by atoms with E-state index in [0.29, 0.717) is 13.0 Å². The molecule has 8 heteroatoms. The third-order valence-corrected chi connectivity index (χ3v) is 5.32. The van der Waals surface area contributed by atoms with E-state index >= 15 is 0 Å². The molecule has 0 aliphatic carbocycles. The van der Waals surface area contributed by atoms with Crippen LogP contribution in [-0.4, -0.2) is 39.5 Å². The highest BCUT2D eigenvalue weighted by atomic mass is 35.5. The third kappa shape index (κ3) is 5.08. The van der Waals surface area contributed by atoms with Crippen LogP contribution in [0.15, 0.2) is 23.1 Å². The molecular formula is C14H24ClFN2O3S. The lowest BCUT2D eigenvalue weighted by Gasteiger charge is -2.21. The van der Waals surface area contributed by atoms with E-state index < -0.39 is 15.8 Å². The summed E-state index contributed by atoms with van der Waals surface area (Å²) in [5, 5.41) is 0. The Morgan fingerprint density at radius 1 is 1.36 bits per heavy atom. The number of sulfonamides is 1. The first kappa shape index (κ1) is 21.1. The Morgan fingerprint density at radius 2 is 1.95 bits per heavy atom. The number of ether oxygens (including phenoxy) is 1. The van der Waals surface area contributed by atoms with Gasteiger partial charge in [0.2, 0.25) is 10.0 Å². The van der Waals surface area contributed by atoms with Crippen molar-refractivity contribution in [3.05, 3.63) is 24.0 Å². The van der Waals surface area contributed by atoms with Gasteiger partial charge in [-0.25, -0.2) is 17.1 Å². The van der Waals surface area contributed by atoms with E-state index in [0.717, 1.165) is 6.07 Å². The van der Waals surface area contributed by atoms with E-state index in [1.165, 1.54) is 30.6 Å². The smallest absolute Gasteiger partial charge is 0.242 e. The second kappa shape index (κ2) is 8.67. The van der Waals surface area contributed by atoms with Crippen LogP contribution in [0.5, 0.6) is 5.75 Å². The molecule has 0 heterocycles.